The van der Waals surface area contributed by atoms with E-state index in [4.69, 9.17) is 15.2 Å². The van der Waals surface area contributed by atoms with Gasteiger partial charge in [0.1, 0.15) is 23.6 Å². The van der Waals surface area contributed by atoms with Crippen molar-refractivity contribution in [2.75, 3.05) is 12.3 Å². The first-order valence-corrected chi connectivity index (χ1v) is 15.2. The zero-order valence-electron chi connectivity index (χ0n) is 24.3. The van der Waals surface area contributed by atoms with Gasteiger partial charge in [-0.15, -0.1) is 0 Å². The van der Waals surface area contributed by atoms with Gasteiger partial charge in [0.15, 0.2) is 5.78 Å². The number of allylic oxidation sites excluding steroid dienone is 1. The van der Waals surface area contributed by atoms with Crippen molar-refractivity contribution in [3.8, 4) is 0 Å². The lowest BCUT2D eigenvalue weighted by Gasteiger charge is -2.58. The Morgan fingerprint density at radius 3 is 2.61 bits per heavy atom. The number of aliphatic hydroxyl groups excluding tert-OH is 2. The highest BCUT2D eigenvalue weighted by atomic mass is 16.6. The molecule has 3 saturated carbocycles. The molecule has 6 aliphatic rings. The van der Waals surface area contributed by atoms with Gasteiger partial charge in [-0.25, -0.2) is 9.78 Å². The predicted octanol–water partition coefficient (Wildman–Crippen LogP) is 3.25. The van der Waals surface area contributed by atoms with Crippen molar-refractivity contribution in [1.82, 2.24) is 9.97 Å². The summed E-state index contributed by atoms with van der Waals surface area (Å²) in [6, 6.07) is 0. The number of rotatable bonds is 4. The molecule has 0 radical (unpaired) electrons. The molecule has 3 heterocycles. The van der Waals surface area contributed by atoms with Crippen molar-refractivity contribution >= 4 is 23.1 Å². The van der Waals surface area contributed by atoms with Crippen LogP contribution in [0.1, 0.15) is 71.9 Å². The van der Waals surface area contributed by atoms with E-state index in [9.17, 15) is 19.8 Å². The molecule has 4 aliphatic carbocycles. The summed E-state index contributed by atoms with van der Waals surface area (Å²) >= 11 is 0. The smallest absolute Gasteiger partial charge is 0.336 e. The van der Waals surface area contributed by atoms with Gasteiger partial charge in [-0.1, -0.05) is 19.4 Å². The highest BCUT2D eigenvalue weighted by Crippen LogP contribution is 2.73. The first kappa shape index (κ1) is 27.2. The van der Waals surface area contributed by atoms with Gasteiger partial charge in [-0.3, -0.25) is 9.78 Å². The number of carbonyl (C=O) groups is 2. The summed E-state index contributed by atoms with van der Waals surface area (Å²) in [7, 11) is 0. The maximum atomic E-state index is 14.4. The number of anilines is 1. The first-order chi connectivity index (χ1) is 19.5. The third kappa shape index (κ3) is 3.45. The third-order valence-corrected chi connectivity index (χ3v) is 12.6. The molecule has 1 aromatic rings. The van der Waals surface area contributed by atoms with Crippen molar-refractivity contribution in [3.05, 3.63) is 35.3 Å². The van der Waals surface area contributed by atoms with E-state index in [1.165, 1.54) is 12.4 Å². The second-order valence-electron chi connectivity index (χ2n) is 14.0. The fraction of sp³-hybridized carbons (Fsp3) is 0.688. The Morgan fingerprint density at radius 2 is 1.93 bits per heavy atom. The molecule has 9 heteroatoms. The van der Waals surface area contributed by atoms with Crippen molar-refractivity contribution in [2.45, 2.75) is 90.1 Å². The molecule has 1 spiro atoms. The second kappa shape index (κ2) is 8.94. The van der Waals surface area contributed by atoms with Gasteiger partial charge < -0.3 is 25.4 Å². The fourth-order valence-corrected chi connectivity index (χ4v) is 10.5. The van der Waals surface area contributed by atoms with Crippen molar-refractivity contribution in [2.24, 2.45) is 40.4 Å². The standard InChI is InChI=1S/C32H41N3O6/c1-15-9-24(40-29(39)19(15)14-36)16(2)20-5-6-21-17-11-26-32(41-26)25(37)10-18(23-12-35-27(33)13-34-23)28(38)31(32,4)22(17)7-8-30(20,21)3/h10,12-13,16-17,20-22,24-26,36-37H,5-9,11,14H2,1-4H3,(H2,33,35)/t16-,17-,20+,21-,22-,24+,25-,26+,30+,31-,32+/m0/s1. The zero-order chi connectivity index (χ0) is 29.1. The maximum absolute atomic E-state index is 14.4. The number of aliphatic hydroxyl groups is 2. The summed E-state index contributed by atoms with van der Waals surface area (Å²) in [5, 5.41) is 21.1. The number of nitrogens with two attached hydrogens (primary N) is 1. The number of nitrogen functional groups attached to an aromatic ring is 1. The number of aromatic nitrogens is 2. The maximum Gasteiger partial charge on any atom is 0.336 e. The Kier molecular flexibility index (Phi) is 5.94. The van der Waals surface area contributed by atoms with E-state index in [1.54, 1.807) is 6.08 Å². The number of esters is 1. The SMILES string of the molecule is CC1=C(CO)C(=O)O[C@@H]([C@@H](C)[C@H]2CC[C@H]3[C@@H]4C[C@H]5O[C@]56[C@@H](O)C=C(c5cnc(N)cn5)C(=O)[C@]6(C)[C@H]4CC[C@]23C)C1. The van der Waals surface area contributed by atoms with Gasteiger partial charge >= 0.3 is 5.97 Å². The summed E-state index contributed by atoms with van der Waals surface area (Å²) in [6.45, 7) is 8.31. The number of fused-ring (bicyclic) bond motifs is 4. The monoisotopic (exact) mass is 563 g/mol. The number of hydrogen-bond acceptors (Lipinski definition) is 9. The molecule has 0 aromatic carbocycles. The Balaban J connectivity index is 1.18. The molecule has 220 valence electrons. The topological polar surface area (TPSA) is 148 Å². The molecule has 2 aliphatic heterocycles. The van der Waals surface area contributed by atoms with Crippen LogP contribution in [0.2, 0.25) is 0 Å². The largest absolute Gasteiger partial charge is 0.458 e. The van der Waals surface area contributed by atoms with Gasteiger partial charge in [0.2, 0.25) is 0 Å². The number of ketones is 1. The Hall–Kier alpha value is -2.62. The molecular weight excluding hydrogens is 522 g/mol. The third-order valence-electron chi connectivity index (χ3n) is 12.6. The Morgan fingerprint density at radius 1 is 1.15 bits per heavy atom. The molecular formula is C32H41N3O6. The zero-order valence-corrected chi connectivity index (χ0v) is 24.3. The van der Waals surface area contributed by atoms with E-state index in [1.807, 2.05) is 13.8 Å². The highest BCUT2D eigenvalue weighted by Gasteiger charge is 2.81. The van der Waals surface area contributed by atoms with E-state index < -0.39 is 17.1 Å². The summed E-state index contributed by atoms with van der Waals surface area (Å²) < 4.78 is 12.3. The molecule has 4 N–H and O–H groups in total. The predicted molar refractivity (Wildman–Crippen MR) is 150 cm³/mol. The lowest BCUT2D eigenvalue weighted by atomic mass is 9.43. The number of nitrogens with zero attached hydrogens (tertiary/aromatic N) is 2. The number of cyclic esters (lactones) is 1. The molecule has 1 aromatic heterocycles. The summed E-state index contributed by atoms with van der Waals surface area (Å²) in [5.41, 5.74) is 6.23. The molecule has 0 unspecified atom stereocenters. The van der Waals surface area contributed by atoms with Gasteiger partial charge in [-0.05, 0) is 87.0 Å². The average Bonchev–Trinajstić information content (AvgIpc) is 3.58. The van der Waals surface area contributed by atoms with Gasteiger partial charge in [0, 0.05) is 12.0 Å². The van der Waals surface area contributed by atoms with E-state index in [0.29, 0.717) is 41.0 Å². The number of carbonyl (C=O) groups excluding carboxylic acids is 2. The van der Waals surface area contributed by atoms with Crippen LogP contribution < -0.4 is 5.73 Å². The minimum Gasteiger partial charge on any atom is -0.458 e. The van der Waals surface area contributed by atoms with Crippen LogP contribution in [0.5, 0.6) is 0 Å². The summed E-state index contributed by atoms with van der Waals surface area (Å²) in [5.74, 6) is 1.28. The first-order valence-electron chi connectivity index (χ1n) is 15.2. The van der Waals surface area contributed by atoms with Crippen LogP contribution >= 0.6 is 0 Å². The number of epoxide rings is 1. The minimum absolute atomic E-state index is 0.0124. The molecule has 41 heavy (non-hydrogen) atoms. The number of Topliss-reactive ketones (excluding diaryl/α,β-unsaturated/α-hetero) is 1. The number of ether oxygens (including phenoxy) is 2. The van der Waals surface area contributed by atoms with E-state index in [2.05, 4.69) is 23.8 Å². The van der Waals surface area contributed by atoms with Crippen molar-refractivity contribution < 1.29 is 29.3 Å². The molecule has 1 saturated heterocycles. The van der Waals surface area contributed by atoms with Gasteiger partial charge in [0.25, 0.3) is 0 Å². The van der Waals surface area contributed by atoms with Crippen LogP contribution in [-0.4, -0.2) is 62.5 Å². The fourth-order valence-electron chi connectivity index (χ4n) is 10.5. The van der Waals surface area contributed by atoms with Crippen LogP contribution in [-0.2, 0) is 19.1 Å². The normalized spacial score (nSPS) is 45.6. The summed E-state index contributed by atoms with van der Waals surface area (Å²) in [6.07, 6.45) is 8.86. The highest BCUT2D eigenvalue weighted by molar-refractivity contribution is 6.24. The van der Waals surface area contributed by atoms with Crippen LogP contribution in [0.3, 0.4) is 0 Å². The average molecular weight is 564 g/mol. The Labute approximate surface area is 240 Å². The van der Waals surface area contributed by atoms with Crippen LogP contribution in [0.4, 0.5) is 5.82 Å². The second-order valence-corrected chi connectivity index (χ2v) is 14.0. The van der Waals surface area contributed by atoms with Crippen LogP contribution in [0.25, 0.3) is 5.57 Å². The van der Waals surface area contributed by atoms with Crippen LogP contribution in [0, 0.1) is 40.4 Å². The van der Waals surface area contributed by atoms with E-state index in [0.717, 1.165) is 37.7 Å². The Bertz CT molecular complexity index is 1370. The minimum atomic E-state index is -0.892. The van der Waals surface area contributed by atoms with E-state index in [-0.39, 0.29) is 53.6 Å². The molecule has 0 bridgehead atoms. The summed E-state index contributed by atoms with van der Waals surface area (Å²) in [4.78, 5) is 35.6. The van der Waals surface area contributed by atoms with Crippen molar-refractivity contribution in [1.29, 1.82) is 0 Å². The van der Waals surface area contributed by atoms with Crippen molar-refractivity contribution in [3.63, 3.8) is 0 Å². The van der Waals surface area contributed by atoms with Gasteiger partial charge in [-0.2, -0.15) is 0 Å². The molecule has 0 amide bonds. The number of hydrogen-bond donors (Lipinski definition) is 3. The lowest BCUT2D eigenvalue weighted by molar-refractivity contribution is -0.155. The molecule has 4 fully saturated rings. The van der Waals surface area contributed by atoms with Gasteiger partial charge in [0.05, 0.1) is 41.8 Å². The molecule has 7 rings (SSSR count). The molecule has 9 nitrogen and oxygen atoms in total. The van der Waals surface area contributed by atoms with Crippen LogP contribution in [0.15, 0.2) is 29.6 Å². The van der Waals surface area contributed by atoms with E-state index >= 15 is 0 Å². The lowest BCUT2D eigenvalue weighted by Crippen LogP contribution is -2.64. The molecule has 11 atom stereocenters. The quantitative estimate of drug-likeness (QED) is 0.371.